The molecule has 0 radical (unpaired) electrons. The Kier molecular flexibility index (Phi) is 6.27. The molecule has 23 heavy (non-hydrogen) atoms. The molecule has 0 aromatic carbocycles. The predicted molar refractivity (Wildman–Crippen MR) is 93.1 cm³/mol. The van der Waals surface area contributed by atoms with Gasteiger partial charge in [-0.3, -0.25) is 4.90 Å². The van der Waals surface area contributed by atoms with Gasteiger partial charge < -0.3 is 5.32 Å². The summed E-state index contributed by atoms with van der Waals surface area (Å²) < 4.78 is 0. The van der Waals surface area contributed by atoms with E-state index >= 15 is 0 Å². The molecule has 1 aliphatic heterocycles. The number of aromatic nitrogens is 2. The van der Waals surface area contributed by atoms with Crippen molar-refractivity contribution in [3.63, 3.8) is 0 Å². The number of hydrogen-bond donors (Lipinski definition) is 1. The highest BCUT2D eigenvalue weighted by Crippen LogP contribution is 2.23. The average molecular weight is 333 g/mol. The van der Waals surface area contributed by atoms with E-state index < -0.39 is 0 Å². The van der Waals surface area contributed by atoms with E-state index in [-0.39, 0.29) is 0 Å². The maximum absolute atomic E-state index is 5.75. The van der Waals surface area contributed by atoms with Gasteiger partial charge in [0.25, 0.3) is 0 Å². The minimum atomic E-state index is 0.446. The SMILES string of the molecule is Clc1ccc(CNC2CCC(C#CCN3CCCC3)CC2)nn1. The highest BCUT2D eigenvalue weighted by Gasteiger charge is 2.19. The zero-order valence-corrected chi connectivity index (χ0v) is 14.4. The van der Waals surface area contributed by atoms with Gasteiger partial charge in [0.2, 0.25) is 0 Å². The summed E-state index contributed by atoms with van der Waals surface area (Å²) in [5.41, 5.74) is 0.946. The van der Waals surface area contributed by atoms with E-state index in [1.807, 2.05) is 6.07 Å². The Morgan fingerprint density at radius 3 is 2.61 bits per heavy atom. The normalized spacial score (nSPS) is 25.1. The lowest BCUT2D eigenvalue weighted by Gasteiger charge is -2.26. The molecule has 0 atom stereocenters. The number of rotatable bonds is 4. The molecule has 4 nitrogen and oxygen atoms in total. The average Bonchev–Trinajstić information content (AvgIpc) is 3.09. The predicted octanol–water partition coefficient (Wildman–Crippen LogP) is 2.88. The van der Waals surface area contributed by atoms with Gasteiger partial charge >= 0.3 is 0 Å². The maximum atomic E-state index is 5.75. The van der Waals surface area contributed by atoms with Crippen LogP contribution in [0.5, 0.6) is 0 Å². The van der Waals surface area contributed by atoms with Crippen LogP contribution in [0, 0.1) is 17.8 Å². The molecule has 0 bridgehead atoms. The minimum absolute atomic E-state index is 0.446. The summed E-state index contributed by atoms with van der Waals surface area (Å²) in [5.74, 6) is 7.48. The Balaban J connectivity index is 1.35. The molecule has 0 unspecified atom stereocenters. The van der Waals surface area contributed by atoms with Crippen LogP contribution in [-0.4, -0.2) is 40.8 Å². The Morgan fingerprint density at radius 1 is 1.13 bits per heavy atom. The Hall–Kier alpha value is -1.15. The zero-order valence-electron chi connectivity index (χ0n) is 13.6. The van der Waals surface area contributed by atoms with Crippen LogP contribution >= 0.6 is 11.6 Å². The number of hydrogen-bond acceptors (Lipinski definition) is 4. The molecule has 2 heterocycles. The second-order valence-electron chi connectivity index (χ2n) is 6.58. The van der Waals surface area contributed by atoms with Gasteiger partial charge in [-0.15, -0.1) is 5.10 Å². The molecule has 0 amide bonds. The van der Waals surface area contributed by atoms with E-state index in [1.165, 1.54) is 51.6 Å². The molecule has 124 valence electrons. The molecule has 1 aliphatic carbocycles. The molecule has 1 aromatic heterocycles. The van der Waals surface area contributed by atoms with Gasteiger partial charge in [-0.25, -0.2) is 0 Å². The van der Waals surface area contributed by atoms with Gasteiger partial charge in [0.15, 0.2) is 5.15 Å². The summed E-state index contributed by atoms with van der Waals surface area (Å²) in [7, 11) is 0. The summed E-state index contributed by atoms with van der Waals surface area (Å²) >= 11 is 5.75. The number of likely N-dealkylation sites (tertiary alicyclic amines) is 1. The highest BCUT2D eigenvalue weighted by molar-refractivity contribution is 6.29. The highest BCUT2D eigenvalue weighted by atomic mass is 35.5. The van der Waals surface area contributed by atoms with Crippen molar-refractivity contribution < 1.29 is 0 Å². The van der Waals surface area contributed by atoms with Crippen molar-refractivity contribution in [2.24, 2.45) is 5.92 Å². The lowest BCUT2D eigenvalue weighted by Crippen LogP contribution is -2.32. The first kappa shape index (κ1) is 16.7. The van der Waals surface area contributed by atoms with Crippen molar-refractivity contribution >= 4 is 11.6 Å². The van der Waals surface area contributed by atoms with Crippen LogP contribution in [0.4, 0.5) is 0 Å². The second kappa shape index (κ2) is 8.63. The fraction of sp³-hybridized carbons (Fsp3) is 0.667. The van der Waals surface area contributed by atoms with Crippen molar-refractivity contribution in [2.45, 2.75) is 51.1 Å². The molecule has 1 aromatic rings. The molecule has 0 spiro atoms. The van der Waals surface area contributed by atoms with Crippen LogP contribution in [0.2, 0.25) is 5.15 Å². The van der Waals surface area contributed by atoms with E-state index in [4.69, 9.17) is 11.6 Å². The summed E-state index contributed by atoms with van der Waals surface area (Å²) in [6.45, 7) is 4.20. The molecule has 1 saturated heterocycles. The van der Waals surface area contributed by atoms with E-state index in [2.05, 4.69) is 32.3 Å². The van der Waals surface area contributed by atoms with E-state index in [1.54, 1.807) is 6.07 Å². The molecule has 3 rings (SSSR count). The topological polar surface area (TPSA) is 41.0 Å². The van der Waals surface area contributed by atoms with Gasteiger partial charge in [-0.2, -0.15) is 5.10 Å². The van der Waals surface area contributed by atoms with E-state index in [0.29, 0.717) is 17.1 Å². The molecule has 2 fully saturated rings. The lowest BCUT2D eigenvalue weighted by atomic mass is 9.86. The van der Waals surface area contributed by atoms with Crippen molar-refractivity contribution in [3.8, 4) is 11.8 Å². The van der Waals surface area contributed by atoms with E-state index in [0.717, 1.165) is 18.8 Å². The van der Waals surface area contributed by atoms with Crippen LogP contribution in [0.15, 0.2) is 12.1 Å². The first-order valence-corrected chi connectivity index (χ1v) is 9.09. The van der Waals surface area contributed by atoms with Gasteiger partial charge in [-0.05, 0) is 63.7 Å². The summed E-state index contributed by atoms with van der Waals surface area (Å²) in [6, 6.07) is 4.29. The number of nitrogens with one attached hydrogen (secondary N) is 1. The summed E-state index contributed by atoms with van der Waals surface area (Å²) in [5, 5.41) is 12.0. The Morgan fingerprint density at radius 2 is 1.91 bits per heavy atom. The van der Waals surface area contributed by atoms with Crippen LogP contribution in [0.25, 0.3) is 0 Å². The van der Waals surface area contributed by atoms with Gasteiger partial charge in [0, 0.05) is 18.5 Å². The fourth-order valence-corrected chi connectivity index (χ4v) is 3.47. The van der Waals surface area contributed by atoms with Crippen LogP contribution in [0.3, 0.4) is 0 Å². The number of nitrogens with zero attached hydrogens (tertiary/aromatic N) is 3. The smallest absolute Gasteiger partial charge is 0.151 e. The van der Waals surface area contributed by atoms with Crippen molar-refractivity contribution in [3.05, 3.63) is 23.0 Å². The Bertz CT molecular complexity index is 534. The third-order valence-corrected chi connectivity index (χ3v) is 5.00. The number of halogens is 1. The lowest BCUT2D eigenvalue weighted by molar-refractivity contribution is 0.331. The minimum Gasteiger partial charge on any atom is -0.308 e. The monoisotopic (exact) mass is 332 g/mol. The fourth-order valence-electron chi connectivity index (χ4n) is 3.37. The van der Waals surface area contributed by atoms with Gasteiger partial charge in [0.05, 0.1) is 12.2 Å². The van der Waals surface area contributed by atoms with Crippen LogP contribution < -0.4 is 5.32 Å². The third-order valence-electron chi connectivity index (χ3n) is 4.79. The molecule has 1 N–H and O–H groups in total. The molecule has 5 heteroatoms. The van der Waals surface area contributed by atoms with Crippen molar-refractivity contribution in [1.82, 2.24) is 20.4 Å². The summed E-state index contributed by atoms with van der Waals surface area (Å²) in [6.07, 6.45) is 7.50. The molecular formula is C18H25ClN4. The molecular weight excluding hydrogens is 308 g/mol. The molecule has 2 aliphatic rings. The first-order chi connectivity index (χ1) is 11.3. The molecule has 1 saturated carbocycles. The summed E-state index contributed by atoms with van der Waals surface area (Å²) in [4.78, 5) is 2.47. The van der Waals surface area contributed by atoms with Crippen LogP contribution in [-0.2, 0) is 6.54 Å². The first-order valence-electron chi connectivity index (χ1n) is 8.72. The van der Waals surface area contributed by atoms with Gasteiger partial charge in [-0.1, -0.05) is 23.4 Å². The largest absolute Gasteiger partial charge is 0.308 e. The second-order valence-corrected chi connectivity index (χ2v) is 6.97. The maximum Gasteiger partial charge on any atom is 0.151 e. The Labute approximate surface area is 144 Å². The van der Waals surface area contributed by atoms with Crippen molar-refractivity contribution in [1.29, 1.82) is 0 Å². The zero-order chi connectivity index (χ0) is 15.9. The third kappa shape index (κ3) is 5.46. The van der Waals surface area contributed by atoms with Crippen LogP contribution in [0.1, 0.15) is 44.2 Å². The van der Waals surface area contributed by atoms with E-state index in [9.17, 15) is 0 Å². The standard InChI is InChI=1S/C18H25ClN4/c19-18-10-9-17(21-22-18)14-20-16-7-5-15(6-8-16)4-3-13-23-11-1-2-12-23/h9-10,15-16,20H,1-2,5-8,11-14H2. The quantitative estimate of drug-likeness (QED) is 0.861. The van der Waals surface area contributed by atoms with Crippen molar-refractivity contribution in [2.75, 3.05) is 19.6 Å². The van der Waals surface area contributed by atoms with Gasteiger partial charge in [0.1, 0.15) is 0 Å².